The predicted molar refractivity (Wildman–Crippen MR) is 98.9 cm³/mol. The fraction of sp³-hybridized carbons (Fsp3) is 0.158. The first-order chi connectivity index (χ1) is 12.4. The minimum absolute atomic E-state index is 0.227. The summed E-state index contributed by atoms with van der Waals surface area (Å²) in [5.41, 5.74) is 6.89. The van der Waals surface area contributed by atoms with E-state index in [4.69, 9.17) is 26.5 Å². The number of nitrogen functional groups attached to an aromatic ring is 1. The number of benzene rings is 2. The molecule has 0 spiro atoms. The van der Waals surface area contributed by atoms with Gasteiger partial charge in [0.2, 0.25) is 0 Å². The molecule has 0 fully saturated rings. The molecule has 0 aliphatic carbocycles. The lowest BCUT2D eigenvalue weighted by Gasteiger charge is -2.11. The molecule has 26 heavy (non-hydrogen) atoms. The number of ether oxygens (including phenoxy) is 1. The zero-order chi connectivity index (χ0) is 18.7. The molecule has 3 N–H and O–H groups in total. The number of hydrogen-bond acceptors (Lipinski definition) is 5. The molecule has 0 saturated carbocycles. The van der Waals surface area contributed by atoms with E-state index in [9.17, 15) is 9.59 Å². The summed E-state index contributed by atoms with van der Waals surface area (Å²) < 4.78 is 10.7. The number of amides is 1. The summed E-state index contributed by atoms with van der Waals surface area (Å²) in [7, 11) is 0. The maximum atomic E-state index is 12.0. The van der Waals surface area contributed by atoms with Crippen molar-refractivity contribution in [2.75, 3.05) is 12.3 Å². The summed E-state index contributed by atoms with van der Waals surface area (Å²) in [6, 6.07) is 13.5. The second-order valence-electron chi connectivity index (χ2n) is 5.79. The monoisotopic (exact) mass is 372 g/mol. The highest BCUT2D eigenvalue weighted by molar-refractivity contribution is 6.33. The molecule has 0 aliphatic heterocycles. The Morgan fingerprint density at radius 1 is 1.23 bits per heavy atom. The number of hydrogen-bond donors (Lipinski definition) is 2. The standard InChI is InChI=1S/C19H17ClN2O4/c1-11(17-9-12-4-2-3-5-16(12)26-17)22-18(23)10-25-19(24)13-6-7-14(20)15(21)8-13/h2-9,11H,10,21H2,1H3,(H,22,23)/t11-/m1/s1. The molecule has 134 valence electrons. The van der Waals surface area contributed by atoms with Gasteiger partial charge in [-0.25, -0.2) is 4.79 Å². The van der Waals surface area contributed by atoms with Crippen molar-refractivity contribution in [3.05, 3.63) is 64.9 Å². The number of halogens is 1. The zero-order valence-corrected chi connectivity index (χ0v) is 14.7. The molecule has 0 bridgehead atoms. The number of nitrogens with one attached hydrogen (secondary N) is 1. The van der Waals surface area contributed by atoms with Crippen molar-refractivity contribution in [2.45, 2.75) is 13.0 Å². The van der Waals surface area contributed by atoms with Crippen molar-refractivity contribution in [1.29, 1.82) is 0 Å². The molecule has 1 heterocycles. The Bertz CT molecular complexity index is 934. The van der Waals surface area contributed by atoms with Gasteiger partial charge in [-0.3, -0.25) is 4.79 Å². The minimum atomic E-state index is -0.653. The van der Waals surface area contributed by atoms with Gasteiger partial charge in [-0.1, -0.05) is 29.8 Å². The van der Waals surface area contributed by atoms with Gasteiger partial charge in [0.15, 0.2) is 6.61 Å². The van der Waals surface area contributed by atoms with Gasteiger partial charge >= 0.3 is 5.97 Å². The Morgan fingerprint density at radius 2 is 2.00 bits per heavy atom. The molecule has 3 aromatic rings. The topological polar surface area (TPSA) is 94.6 Å². The van der Waals surface area contributed by atoms with Crippen LogP contribution in [-0.4, -0.2) is 18.5 Å². The third-order valence-electron chi connectivity index (χ3n) is 3.81. The number of carbonyl (C=O) groups excluding carboxylic acids is 2. The Kier molecular flexibility index (Phi) is 5.14. The molecule has 1 aromatic heterocycles. The number of esters is 1. The Labute approximate surface area is 154 Å². The van der Waals surface area contributed by atoms with E-state index in [1.54, 1.807) is 6.92 Å². The van der Waals surface area contributed by atoms with Gasteiger partial charge in [0.1, 0.15) is 11.3 Å². The highest BCUT2D eigenvalue weighted by Gasteiger charge is 2.16. The predicted octanol–water partition coefficient (Wildman–Crippen LogP) is 3.70. The van der Waals surface area contributed by atoms with Crippen molar-refractivity contribution in [1.82, 2.24) is 5.32 Å². The lowest BCUT2D eigenvalue weighted by Crippen LogP contribution is -2.31. The number of fused-ring (bicyclic) bond motifs is 1. The number of furan rings is 1. The van der Waals surface area contributed by atoms with Crippen molar-refractivity contribution in [3.63, 3.8) is 0 Å². The first-order valence-electron chi connectivity index (χ1n) is 7.94. The molecule has 0 saturated heterocycles. The molecular weight excluding hydrogens is 356 g/mol. The smallest absolute Gasteiger partial charge is 0.338 e. The highest BCUT2D eigenvalue weighted by Crippen LogP contribution is 2.23. The largest absolute Gasteiger partial charge is 0.459 e. The first-order valence-corrected chi connectivity index (χ1v) is 8.32. The normalized spacial score (nSPS) is 11.9. The van der Waals surface area contributed by atoms with Gasteiger partial charge in [0.05, 0.1) is 22.3 Å². The lowest BCUT2D eigenvalue weighted by molar-refractivity contribution is -0.125. The average molecular weight is 373 g/mol. The molecule has 2 aromatic carbocycles. The van der Waals surface area contributed by atoms with Crippen LogP contribution in [0.4, 0.5) is 5.69 Å². The molecule has 0 radical (unpaired) electrons. The number of anilines is 1. The molecule has 0 unspecified atom stereocenters. The van der Waals surface area contributed by atoms with E-state index in [1.165, 1.54) is 18.2 Å². The summed E-state index contributed by atoms with van der Waals surface area (Å²) in [4.78, 5) is 24.0. The van der Waals surface area contributed by atoms with Gasteiger partial charge in [0, 0.05) is 5.39 Å². The minimum Gasteiger partial charge on any atom is -0.459 e. The van der Waals surface area contributed by atoms with Crippen LogP contribution in [0.3, 0.4) is 0 Å². The Morgan fingerprint density at radius 3 is 2.73 bits per heavy atom. The van der Waals surface area contributed by atoms with E-state index < -0.39 is 18.5 Å². The molecular formula is C19H17ClN2O4. The maximum Gasteiger partial charge on any atom is 0.338 e. The van der Waals surface area contributed by atoms with Crippen molar-refractivity contribution in [2.24, 2.45) is 0 Å². The van der Waals surface area contributed by atoms with Crippen LogP contribution < -0.4 is 11.1 Å². The molecule has 6 nitrogen and oxygen atoms in total. The third-order valence-corrected chi connectivity index (χ3v) is 4.16. The number of nitrogens with two attached hydrogens (primary N) is 1. The number of rotatable bonds is 5. The van der Waals surface area contributed by atoms with Crippen LogP contribution in [-0.2, 0) is 9.53 Å². The third kappa shape index (κ3) is 3.97. The van der Waals surface area contributed by atoms with E-state index in [2.05, 4.69) is 5.32 Å². The second-order valence-corrected chi connectivity index (χ2v) is 6.20. The van der Waals surface area contributed by atoms with Gasteiger partial charge in [-0.05, 0) is 37.3 Å². The van der Waals surface area contributed by atoms with Crippen LogP contribution in [0.5, 0.6) is 0 Å². The molecule has 1 amide bonds. The highest BCUT2D eigenvalue weighted by atomic mass is 35.5. The summed E-state index contributed by atoms with van der Waals surface area (Å²) in [5.74, 6) is -0.468. The van der Waals surface area contributed by atoms with Crippen LogP contribution in [0.1, 0.15) is 29.1 Å². The molecule has 1 atom stereocenters. The van der Waals surface area contributed by atoms with E-state index in [1.807, 2.05) is 30.3 Å². The van der Waals surface area contributed by atoms with Crippen molar-refractivity contribution in [3.8, 4) is 0 Å². The maximum absolute atomic E-state index is 12.0. The molecule has 7 heteroatoms. The van der Waals surface area contributed by atoms with Crippen LogP contribution in [0.15, 0.2) is 52.9 Å². The summed E-state index contributed by atoms with van der Waals surface area (Å²) in [5, 5.41) is 4.03. The van der Waals surface area contributed by atoms with Crippen LogP contribution in [0.2, 0.25) is 5.02 Å². The van der Waals surface area contributed by atoms with E-state index in [-0.39, 0.29) is 17.3 Å². The van der Waals surface area contributed by atoms with E-state index in [0.717, 1.165) is 11.0 Å². The number of para-hydroxylation sites is 1. The van der Waals surface area contributed by atoms with Crippen molar-refractivity contribution < 1.29 is 18.7 Å². The summed E-state index contributed by atoms with van der Waals surface area (Å²) >= 11 is 5.81. The summed E-state index contributed by atoms with van der Waals surface area (Å²) in [6.45, 7) is 1.38. The number of carbonyl (C=O) groups is 2. The molecule has 3 rings (SSSR count). The fourth-order valence-corrected chi connectivity index (χ4v) is 2.57. The lowest BCUT2D eigenvalue weighted by atomic mass is 10.2. The van der Waals surface area contributed by atoms with Gasteiger partial charge in [-0.2, -0.15) is 0 Å². The Balaban J connectivity index is 1.56. The van der Waals surface area contributed by atoms with Gasteiger partial charge in [-0.15, -0.1) is 0 Å². The fourth-order valence-electron chi connectivity index (χ4n) is 2.46. The van der Waals surface area contributed by atoms with E-state index >= 15 is 0 Å². The Hall–Kier alpha value is -2.99. The van der Waals surface area contributed by atoms with Crippen LogP contribution in [0, 0.1) is 0 Å². The average Bonchev–Trinajstić information content (AvgIpc) is 3.06. The second kappa shape index (κ2) is 7.49. The molecule has 0 aliphatic rings. The SMILES string of the molecule is C[C@@H](NC(=O)COC(=O)c1ccc(Cl)c(N)c1)c1cc2ccccc2o1. The van der Waals surface area contributed by atoms with Crippen molar-refractivity contribution >= 4 is 40.1 Å². The van der Waals surface area contributed by atoms with Gasteiger partial charge in [0.25, 0.3) is 5.91 Å². The summed E-state index contributed by atoms with van der Waals surface area (Å²) in [6.07, 6.45) is 0. The van der Waals surface area contributed by atoms with Gasteiger partial charge < -0.3 is 20.2 Å². The van der Waals surface area contributed by atoms with E-state index in [0.29, 0.717) is 10.8 Å². The first kappa shape index (κ1) is 17.8. The van der Waals surface area contributed by atoms with Crippen LogP contribution in [0.25, 0.3) is 11.0 Å². The van der Waals surface area contributed by atoms with Crippen LogP contribution >= 0.6 is 11.6 Å². The quantitative estimate of drug-likeness (QED) is 0.526. The zero-order valence-electron chi connectivity index (χ0n) is 14.0.